The van der Waals surface area contributed by atoms with Crippen molar-refractivity contribution < 1.29 is 33.6 Å². The molecule has 0 saturated carbocycles. The molecule has 0 radical (unpaired) electrons. The maximum absolute atomic E-state index is 13.1. The summed E-state index contributed by atoms with van der Waals surface area (Å²) in [6.07, 6.45) is 0.669. The first-order chi connectivity index (χ1) is 15.6. The molecule has 8 heteroatoms. The Balaban J connectivity index is 1.46. The van der Waals surface area contributed by atoms with Crippen molar-refractivity contribution in [2.45, 2.75) is 36.9 Å². The molecule has 2 fully saturated rings. The molecule has 3 heterocycles. The molecule has 8 nitrogen and oxygen atoms in total. The Hall–Kier alpha value is -3.06. The summed E-state index contributed by atoms with van der Waals surface area (Å²) in [5, 5.41) is 11.3. The zero-order chi connectivity index (χ0) is 22.2. The Labute approximate surface area is 184 Å². The predicted octanol–water partition coefficient (Wildman–Crippen LogP) is 1.50. The lowest BCUT2D eigenvalue weighted by atomic mass is 9.94. The van der Waals surface area contributed by atoms with Gasteiger partial charge in [0.25, 0.3) is 11.8 Å². The lowest BCUT2D eigenvalue weighted by Gasteiger charge is -2.49. The van der Waals surface area contributed by atoms with E-state index in [9.17, 15) is 14.7 Å². The van der Waals surface area contributed by atoms with E-state index in [1.165, 1.54) is 0 Å². The Kier molecular flexibility index (Phi) is 5.51. The van der Waals surface area contributed by atoms with Crippen molar-refractivity contribution in [2.75, 3.05) is 13.2 Å². The van der Waals surface area contributed by atoms with Crippen molar-refractivity contribution in [3.63, 3.8) is 0 Å². The maximum atomic E-state index is 13.1. The lowest BCUT2D eigenvalue weighted by molar-refractivity contribution is -0.347. The van der Waals surface area contributed by atoms with E-state index in [1.54, 1.807) is 24.3 Å². The summed E-state index contributed by atoms with van der Waals surface area (Å²) >= 11 is 0. The van der Waals surface area contributed by atoms with Crippen LogP contribution in [0.15, 0.2) is 54.6 Å². The Morgan fingerprint density at radius 3 is 2.34 bits per heavy atom. The van der Waals surface area contributed by atoms with Gasteiger partial charge in [0.15, 0.2) is 12.6 Å². The second kappa shape index (κ2) is 8.47. The van der Waals surface area contributed by atoms with Gasteiger partial charge in [-0.25, -0.2) is 0 Å². The molecule has 2 aromatic carbocycles. The van der Waals surface area contributed by atoms with E-state index in [0.29, 0.717) is 0 Å². The lowest BCUT2D eigenvalue weighted by Crippen LogP contribution is -2.67. The number of amides is 2. The number of aliphatic hydroxyl groups is 1. The normalized spacial score (nSPS) is 31.7. The fourth-order valence-corrected chi connectivity index (χ4v) is 4.38. The van der Waals surface area contributed by atoms with Crippen LogP contribution in [0.25, 0.3) is 0 Å². The molecule has 3 aliphatic heterocycles. The average Bonchev–Trinajstić information content (AvgIpc) is 3.08. The summed E-state index contributed by atoms with van der Waals surface area (Å²) < 4.78 is 23.4. The van der Waals surface area contributed by atoms with E-state index in [0.717, 1.165) is 10.5 Å². The monoisotopic (exact) mass is 435 g/mol. The molecule has 1 N–H and O–H groups in total. The number of fused-ring (bicyclic) bond motifs is 2. The third kappa shape index (κ3) is 3.41. The van der Waals surface area contributed by atoms with Gasteiger partial charge in [-0.3, -0.25) is 14.5 Å². The Morgan fingerprint density at radius 2 is 1.69 bits per heavy atom. The van der Waals surface area contributed by atoms with Crippen molar-refractivity contribution in [3.05, 3.63) is 71.3 Å². The molecule has 0 unspecified atom stereocenters. The highest BCUT2D eigenvalue weighted by atomic mass is 16.7. The molecule has 164 valence electrons. The molecule has 0 bridgehead atoms. The Bertz CT molecular complexity index is 1030. The first kappa shape index (κ1) is 20.8. The van der Waals surface area contributed by atoms with E-state index >= 15 is 0 Å². The maximum Gasteiger partial charge on any atom is 0.262 e. The van der Waals surface area contributed by atoms with Gasteiger partial charge >= 0.3 is 0 Å². The van der Waals surface area contributed by atoms with Crippen LogP contribution < -0.4 is 0 Å². The molecule has 32 heavy (non-hydrogen) atoms. The predicted molar refractivity (Wildman–Crippen MR) is 110 cm³/mol. The summed E-state index contributed by atoms with van der Waals surface area (Å²) in [7, 11) is 0. The van der Waals surface area contributed by atoms with Gasteiger partial charge in [-0.05, 0) is 12.1 Å². The zero-order valence-corrected chi connectivity index (χ0v) is 17.0. The van der Waals surface area contributed by atoms with Gasteiger partial charge in [0, 0.05) is 5.56 Å². The number of rotatable bonds is 4. The molecule has 2 saturated heterocycles. The summed E-state index contributed by atoms with van der Waals surface area (Å²) in [4.78, 5) is 27.2. The highest BCUT2D eigenvalue weighted by Crippen LogP contribution is 2.38. The smallest absolute Gasteiger partial charge is 0.262 e. The fraction of sp³-hybridized carbons (Fsp3) is 0.333. The van der Waals surface area contributed by atoms with Crippen molar-refractivity contribution >= 4 is 11.8 Å². The van der Waals surface area contributed by atoms with Crippen LogP contribution in [0.2, 0.25) is 0 Å². The molecule has 5 rings (SSSR count). The number of terminal acetylenes is 1. The second-order valence-electron chi connectivity index (χ2n) is 7.74. The standard InChI is InChI=1S/C24H21NO7/c1-2-12-29-24-18(25-21(27)15-10-6-7-11-16(15)22(25)28)19(26)20-17(31-24)13-30-23(32-20)14-8-4-3-5-9-14/h1,3-11,17-20,23-24,26H,12-13H2/t17-,18-,19-,20-,23-,24-/m1/s1. The first-order valence-electron chi connectivity index (χ1n) is 10.3. The largest absolute Gasteiger partial charge is 0.388 e. The number of imide groups is 1. The van der Waals surface area contributed by atoms with Crippen LogP contribution >= 0.6 is 0 Å². The Morgan fingerprint density at radius 1 is 1.03 bits per heavy atom. The van der Waals surface area contributed by atoms with E-state index < -0.39 is 48.7 Å². The van der Waals surface area contributed by atoms with Gasteiger partial charge in [0.05, 0.1) is 17.7 Å². The van der Waals surface area contributed by atoms with E-state index in [4.69, 9.17) is 25.4 Å². The van der Waals surface area contributed by atoms with Crippen LogP contribution in [0.5, 0.6) is 0 Å². The molecular weight excluding hydrogens is 414 g/mol. The molecular formula is C24H21NO7. The van der Waals surface area contributed by atoms with E-state index in [1.807, 2.05) is 30.3 Å². The number of aliphatic hydroxyl groups excluding tert-OH is 1. The van der Waals surface area contributed by atoms with Gasteiger partial charge < -0.3 is 24.1 Å². The molecule has 3 aliphatic rings. The number of carbonyl (C=O) groups excluding carboxylic acids is 2. The van der Waals surface area contributed by atoms with Crippen molar-refractivity contribution in [3.8, 4) is 12.3 Å². The average molecular weight is 435 g/mol. The summed E-state index contributed by atoms with van der Waals surface area (Å²) in [5.74, 6) is 1.29. The zero-order valence-electron chi connectivity index (χ0n) is 17.0. The van der Waals surface area contributed by atoms with Crippen LogP contribution in [0.4, 0.5) is 0 Å². The van der Waals surface area contributed by atoms with Crippen molar-refractivity contribution in [1.29, 1.82) is 0 Å². The molecule has 0 aromatic heterocycles. The number of benzene rings is 2. The summed E-state index contributed by atoms with van der Waals surface area (Å²) in [5.41, 5.74) is 1.30. The third-order valence-electron chi connectivity index (χ3n) is 5.86. The first-order valence-corrected chi connectivity index (χ1v) is 10.3. The number of carbonyl (C=O) groups is 2. The topological polar surface area (TPSA) is 94.5 Å². The van der Waals surface area contributed by atoms with Gasteiger partial charge in [-0.15, -0.1) is 6.42 Å². The number of hydrogen-bond donors (Lipinski definition) is 1. The molecule has 0 aliphatic carbocycles. The molecule has 0 spiro atoms. The second-order valence-corrected chi connectivity index (χ2v) is 7.74. The number of hydrogen-bond acceptors (Lipinski definition) is 7. The minimum absolute atomic E-state index is 0.122. The number of ether oxygens (including phenoxy) is 4. The molecule has 6 atom stereocenters. The van der Waals surface area contributed by atoms with Gasteiger partial charge in [0.1, 0.15) is 31.0 Å². The SMILES string of the molecule is C#CCO[C@@H]1O[C@@H]2CO[C@@H](c3ccccc3)O[C@H]2[C@H](O)[C@H]1N1C(=O)c2ccccc2C1=O. The minimum Gasteiger partial charge on any atom is -0.388 e. The molecule has 2 aromatic rings. The summed E-state index contributed by atoms with van der Waals surface area (Å²) in [6.45, 7) is 0.00877. The van der Waals surface area contributed by atoms with Crippen LogP contribution in [0, 0.1) is 12.3 Å². The highest BCUT2D eigenvalue weighted by Gasteiger charge is 2.55. The quantitative estimate of drug-likeness (QED) is 0.575. The van der Waals surface area contributed by atoms with Crippen molar-refractivity contribution in [1.82, 2.24) is 4.90 Å². The van der Waals surface area contributed by atoms with Gasteiger partial charge in [-0.1, -0.05) is 48.4 Å². The molecule has 2 amide bonds. The summed E-state index contributed by atoms with van der Waals surface area (Å²) in [6, 6.07) is 14.6. The van der Waals surface area contributed by atoms with Gasteiger partial charge in [0.2, 0.25) is 0 Å². The fourth-order valence-electron chi connectivity index (χ4n) is 4.38. The van der Waals surface area contributed by atoms with Gasteiger partial charge in [-0.2, -0.15) is 0 Å². The van der Waals surface area contributed by atoms with Crippen molar-refractivity contribution in [2.24, 2.45) is 0 Å². The minimum atomic E-state index is -1.28. The van der Waals surface area contributed by atoms with Crippen LogP contribution in [-0.2, 0) is 18.9 Å². The van der Waals surface area contributed by atoms with E-state index in [-0.39, 0.29) is 24.3 Å². The van der Waals surface area contributed by atoms with Crippen LogP contribution in [-0.4, -0.2) is 65.7 Å². The van der Waals surface area contributed by atoms with Crippen LogP contribution in [0.1, 0.15) is 32.6 Å². The van der Waals surface area contributed by atoms with E-state index in [2.05, 4.69) is 5.92 Å². The van der Waals surface area contributed by atoms with Crippen LogP contribution in [0.3, 0.4) is 0 Å². The highest BCUT2D eigenvalue weighted by molar-refractivity contribution is 6.21. The third-order valence-corrected chi connectivity index (χ3v) is 5.86. The number of nitrogens with zero attached hydrogens (tertiary/aromatic N) is 1.